The van der Waals surface area contributed by atoms with Gasteiger partial charge in [-0.3, -0.25) is 18.9 Å². The van der Waals surface area contributed by atoms with Gasteiger partial charge in [-0.15, -0.1) is 0 Å². The summed E-state index contributed by atoms with van der Waals surface area (Å²) in [6.07, 6.45) is -1.67. The first-order valence-electron chi connectivity index (χ1n) is 19.6. The summed E-state index contributed by atoms with van der Waals surface area (Å²) >= 11 is 0. The number of phosphoric acid groups is 3. The molecule has 0 aromatic carbocycles. The molecule has 66 heavy (non-hydrogen) atoms. The average molecular weight is 1040 g/mol. The molecule has 29 nitrogen and oxygen atoms in total. The summed E-state index contributed by atoms with van der Waals surface area (Å²) in [5.74, 6) is 5.53. The Bertz CT molecular complexity index is 2050. The van der Waals surface area contributed by atoms with E-state index in [-0.39, 0.29) is 43.0 Å². The van der Waals surface area contributed by atoms with Gasteiger partial charge in [0.15, 0.2) is 0 Å². The van der Waals surface area contributed by atoms with E-state index in [2.05, 4.69) is 50.6 Å². The molecule has 34 heteroatoms. The zero-order valence-corrected chi connectivity index (χ0v) is 40.1. The van der Waals surface area contributed by atoms with E-state index in [0.717, 1.165) is 10.8 Å². The minimum Gasteiger partial charge on any atom is -0.450 e. The van der Waals surface area contributed by atoms with Crippen LogP contribution in [0.4, 0.5) is 9.59 Å². The highest BCUT2D eigenvalue weighted by molar-refractivity contribution is 8.77. The fraction of sp³-hybridized carbons (Fsp3) is 0.750. The first-order chi connectivity index (χ1) is 31.1. The van der Waals surface area contributed by atoms with Gasteiger partial charge in [-0.1, -0.05) is 38.5 Å². The molecule has 9 N–H and O–H groups in total. The third-order valence-corrected chi connectivity index (χ3v) is 14.7. The van der Waals surface area contributed by atoms with Gasteiger partial charge >= 0.3 is 41.3 Å². The first-order valence-corrected chi connectivity index (χ1v) is 26.4. The Balaban J connectivity index is 1.69. The maximum atomic E-state index is 12.6. The van der Waals surface area contributed by atoms with E-state index in [1.54, 1.807) is 10.8 Å². The summed E-state index contributed by atoms with van der Waals surface area (Å²) in [5.41, 5.74) is 12.0. The fourth-order valence-electron chi connectivity index (χ4n) is 4.99. The van der Waals surface area contributed by atoms with Gasteiger partial charge in [0.25, 0.3) is 5.56 Å². The molecule has 1 aliphatic rings. The maximum absolute atomic E-state index is 12.6. The van der Waals surface area contributed by atoms with Crippen LogP contribution in [0.3, 0.4) is 0 Å². The van der Waals surface area contributed by atoms with Crippen LogP contribution in [0, 0.1) is 11.8 Å². The topological polar surface area (TPSA) is 412 Å². The minimum atomic E-state index is -5.80. The smallest absolute Gasteiger partial charge is 0.450 e. The lowest BCUT2D eigenvalue weighted by Gasteiger charge is -2.22. The second-order valence-corrected chi connectivity index (χ2v) is 21.1. The quantitative estimate of drug-likeness (QED) is 0.00727. The van der Waals surface area contributed by atoms with Crippen molar-refractivity contribution in [3.63, 3.8) is 0 Å². The van der Waals surface area contributed by atoms with E-state index in [1.165, 1.54) is 10.8 Å². The van der Waals surface area contributed by atoms with Gasteiger partial charge in [-0.05, 0) is 38.6 Å². The van der Waals surface area contributed by atoms with E-state index in [9.17, 15) is 42.7 Å². The molecule has 2 heterocycles. The first kappa shape index (κ1) is 59.1. The number of alkyl carbamates (subject to hydrolysis) is 2. The van der Waals surface area contributed by atoms with E-state index in [4.69, 9.17) is 54.2 Å². The lowest BCUT2D eigenvalue weighted by Crippen LogP contribution is -2.34. The highest BCUT2D eigenvalue weighted by atomic mass is 33.1. The SMILES string of the molecule is CC(C)(CCOC(=O)NCCOCCOCCN)SSCOCCCCOC(=O)NCC#Cc1cn(C[C@H]2CC(OCN=[N+]=[N-])[C@@H](COP(=O)(O)OP(=O)(O)OP(=O)(O)O)O2)c(=O)[nH]c1=O. The van der Waals surface area contributed by atoms with Gasteiger partial charge in [0.1, 0.15) is 24.3 Å². The molecular weight excluding hydrogens is 989 g/mol. The standard InChI is InChI=1S/C32H55N8O21P3S2/c1-32(2,7-13-56-31(44)36-10-15-53-17-16-52-14-8-33)66-65-23-54-11-3-4-12-55-30(43)35-9-5-6-24-19-40(29(42)38-28(24)41)20-25-18-26(57-22-37-39-34)27(59-25)21-58-63(48,49)61-64(50,51)60-62(45,46)47/h19,25-27H,3-4,7-18,20-23,33H2,1-2H3,(H,35,43)(H,36,44)(H,48,49)(H,50,51)(H,38,41,42)(H2,45,46,47)/t25-,26?,27-/m1/s1. The Morgan fingerprint density at radius 1 is 1.00 bits per heavy atom. The number of hydrogen-bond acceptors (Lipinski definition) is 21. The lowest BCUT2D eigenvalue weighted by molar-refractivity contribution is -0.0470. The molecule has 0 saturated carbocycles. The Labute approximate surface area is 385 Å². The van der Waals surface area contributed by atoms with Gasteiger partial charge in [0, 0.05) is 42.0 Å². The number of H-pyrrole nitrogens is 1. The number of amides is 2. The fourth-order valence-corrected chi connectivity index (χ4v) is 10.3. The monoisotopic (exact) mass is 1040 g/mol. The lowest BCUT2D eigenvalue weighted by atomic mass is 10.1. The van der Waals surface area contributed by atoms with Crippen molar-refractivity contribution in [3.05, 3.63) is 43.0 Å². The van der Waals surface area contributed by atoms with Crippen molar-refractivity contribution in [2.24, 2.45) is 10.8 Å². The number of aromatic nitrogens is 2. The van der Waals surface area contributed by atoms with Crippen LogP contribution in [-0.2, 0) is 66.5 Å². The highest BCUT2D eigenvalue weighted by Crippen LogP contribution is 2.66. The van der Waals surface area contributed by atoms with Crippen LogP contribution in [0.25, 0.3) is 10.4 Å². The minimum absolute atomic E-state index is 0.0537. The number of azide groups is 1. The Kier molecular flexibility index (Phi) is 27.9. The van der Waals surface area contributed by atoms with Crippen molar-refractivity contribution in [3.8, 4) is 11.8 Å². The van der Waals surface area contributed by atoms with Gasteiger partial charge in [0.05, 0.1) is 71.5 Å². The van der Waals surface area contributed by atoms with Crippen molar-refractivity contribution >= 4 is 57.2 Å². The molecule has 3 unspecified atom stereocenters. The summed E-state index contributed by atoms with van der Waals surface area (Å²) in [4.78, 5) is 90.2. The number of hydrogen-bond donors (Lipinski definition) is 8. The van der Waals surface area contributed by atoms with Gasteiger partial charge in [-0.25, -0.2) is 28.1 Å². The second-order valence-electron chi connectivity index (χ2n) is 13.7. The van der Waals surface area contributed by atoms with E-state index >= 15 is 0 Å². The zero-order chi connectivity index (χ0) is 49.1. The van der Waals surface area contributed by atoms with Crippen LogP contribution in [-0.4, -0.2) is 150 Å². The van der Waals surface area contributed by atoms with Crippen molar-refractivity contribution < 1.29 is 89.2 Å². The van der Waals surface area contributed by atoms with Crippen molar-refractivity contribution in [2.75, 3.05) is 85.2 Å². The Morgan fingerprint density at radius 3 is 2.41 bits per heavy atom. The molecular formula is C32H55N8O21P3S2. The summed E-state index contributed by atoms with van der Waals surface area (Å²) in [7, 11) is -13.8. The molecule has 5 atom stereocenters. The molecule has 1 aromatic heterocycles. The summed E-state index contributed by atoms with van der Waals surface area (Å²) < 4.78 is 85.2. The van der Waals surface area contributed by atoms with Crippen LogP contribution >= 0.6 is 45.1 Å². The zero-order valence-electron chi connectivity index (χ0n) is 35.8. The molecule has 1 fully saturated rings. The molecule has 0 aliphatic carbocycles. The molecule has 2 rings (SSSR count). The molecule has 0 spiro atoms. The molecule has 1 aliphatic heterocycles. The number of nitrogens with two attached hydrogens (primary N) is 1. The number of unbranched alkanes of at least 4 members (excludes halogenated alkanes) is 1. The predicted molar refractivity (Wildman–Crippen MR) is 234 cm³/mol. The van der Waals surface area contributed by atoms with Gasteiger partial charge in [0.2, 0.25) is 0 Å². The molecule has 2 amide bonds. The third-order valence-electron chi connectivity index (χ3n) is 7.88. The van der Waals surface area contributed by atoms with Crippen LogP contribution in [0.5, 0.6) is 0 Å². The van der Waals surface area contributed by atoms with Crippen molar-refractivity contribution in [1.82, 2.24) is 20.2 Å². The van der Waals surface area contributed by atoms with E-state index < -0.39 is 78.6 Å². The summed E-state index contributed by atoms with van der Waals surface area (Å²) in [6.45, 7) is 5.36. The van der Waals surface area contributed by atoms with Crippen LogP contribution < -0.4 is 27.6 Å². The predicted octanol–water partition coefficient (Wildman–Crippen LogP) is 1.79. The summed E-state index contributed by atoms with van der Waals surface area (Å²) in [6, 6.07) is 0. The summed E-state index contributed by atoms with van der Waals surface area (Å²) in [5, 5.41) is 8.26. The number of rotatable bonds is 33. The highest BCUT2D eigenvalue weighted by Gasteiger charge is 2.43. The van der Waals surface area contributed by atoms with Crippen LogP contribution in [0.15, 0.2) is 20.9 Å². The number of ether oxygens (including phenoxy) is 7. The second kappa shape index (κ2) is 31.2. The molecule has 0 radical (unpaired) electrons. The number of carbonyl (C=O) groups excluding carboxylic acids is 2. The Morgan fingerprint density at radius 2 is 1.70 bits per heavy atom. The average Bonchev–Trinajstić information content (AvgIpc) is 3.60. The van der Waals surface area contributed by atoms with Crippen molar-refractivity contribution in [1.29, 1.82) is 0 Å². The molecule has 0 bridgehead atoms. The van der Waals surface area contributed by atoms with Gasteiger partial charge in [-0.2, -0.15) is 8.62 Å². The number of phosphoric ester groups is 1. The third kappa shape index (κ3) is 27.7. The normalized spacial score (nSPS) is 18.0. The molecule has 376 valence electrons. The Hall–Kier alpha value is -3.04. The van der Waals surface area contributed by atoms with E-state index in [0.29, 0.717) is 71.3 Å². The largest absolute Gasteiger partial charge is 0.490 e. The number of carbonyl (C=O) groups is 2. The van der Waals surface area contributed by atoms with E-state index in [1.807, 2.05) is 13.8 Å². The number of aromatic amines is 1. The van der Waals surface area contributed by atoms with Crippen LogP contribution in [0.2, 0.25) is 0 Å². The maximum Gasteiger partial charge on any atom is 0.490 e. The molecule has 1 aromatic rings. The number of nitrogens with zero attached hydrogens (tertiary/aromatic N) is 4. The van der Waals surface area contributed by atoms with Gasteiger partial charge < -0.3 is 69.1 Å². The van der Waals surface area contributed by atoms with Crippen LogP contribution in [0.1, 0.15) is 45.1 Å². The molecule has 1 saturated heterocycles. The number of nitrogens with one attached hydrogen (secondary N) is 3. The van der Waals surface area contributed by atoms with Crippen molar-refractivity contribution in [2.45, 2.75) is 69.1 Å².